The molecular formula is C20H30N4O2. The molecule has 1 aromatic rings. The van der Waals surface area contributed by atoms with Crippen molar-refractivity contribution in [2.45, 2.75) is 45.1 Å². The summed E-state index contributed by atoms with van der Waals surface area (Å²) in [6.45, 7) is 2.48. The van der Waals surface area contributed by atoms with Gasteiger partial charge in [-0.1, -0.05) is 19.1 Å². The highest BCUT2D eigenvalue weighted by atomic mass is 16.5. The number of aliphatic imine (C=N–C) groups is 1. The lowest BCUT2D eigenvalue weighted by Gasteiger charge is -2.35. The van der Waals surface area contributed by atoms with E-state index in [4.69, 9.17) is 16.5 Å². The van der Waals surface area contributed by atoms with Crippen LogP contribution in [0.5, 0.6) is 0 Å². The highest BCUT2D eigenvalue weighted by molar-refractivity contribution is 6.02. The molecule has 2 rings (SSSR count). The first kappa shape index (κ1) is 20.0. The number of hydrogen-bond acceptors (Lipinski definition) is 6. The molecule has 1 saturated carbocycles. The maximum absolute atomic E-state index is 11.2. The third kappa shape index (κ3) is 5.59. The summed E-state index contributed by atoms with van der Waals surface area (Å²) in [6.07, 6.45) is 6.30. The fraction of sp³-hybridized carbons (Fsp3) is 0.500. The molecule has 0 unspecified atom stereocenters. The van der Waals surface area contributed by atoms with Crippen molar-refractivity contribution in [3.63, 3.8) is 0 Å². The molecule has 0 radical (unpaired) electrons. The fourth-order valence-electron chi connectivity index (χ4n) is 3.12. The second kappa shape index (κ2) is 9.97. The molecule has 26 heavy (non-hydrogen) atoms. The number of nitrogens with zero attached hydrogens (tertiary/aromatic N) is 1. The molecule has 0 atom stereocenters. The van der Waals surface area contributed by atoms with Gasteiger partial charge >= 0.3 is 5.97 Å². The number of methoxy groups -OCH3 is 1. The standard InChI is InChI=1S/C20H30N4O2/c1-3-18(24-19-7-5-4-6-17(19)22)15(12-21)13-23-16-10-14(11-16)8-9-20(25)26-2/h4-7,13-14,16,23H,3,8-12,21-22H2,1-2H3/b15-13+,24-18+. The zero-order valence-corrected chi connectivity index (χ0v) is 15.7. The fourth-order valence-corrected chi connectivity index (χ4v) is 3.12. The van der Waals surface area contributed by atoms with Crippen molar-refractivity contribution in [2.24, 2.45) is 16.6 Å². The molecule has 0 bridgehead atoms. The van der Waals surface area contributed by atoms with Gasteiger partial charge < -0.3 is 21.5 Å². The first-order valence-electron chi connectivity index (χ1n) is 9.21. The van der Waals surface area contributed by atoms with Gasteiger partial charge in [0.15, 0.2) is 0 Å². The van der Waals surface area contributed by atoms with E-state index in [1.54, 1.807) is 0 Å². The molecule has 6 nitrogen and oxygen atoms in total. The zero-order chi connectivity index (χ0) is 18.9. The molecule has 0 aliphatic heterocycles. The van der Waals surface area contributed by atoms with Gasteiger partial charge in [-0.2, -0.15) is 0 Å². The Hall–Kier alpha value is -2.34. The Labute approximate surface area is 155 Å². The van der Waals surface area contributed by atoms with Crippen LogP contribution in [-0.4, -0.2) is 31.4 Å². The van der Waals surface area contributed by atoms with Crippen molar-refractivity contribution in [3.05, 3.63) is 36.0 Å². The van der Waals surface area contributed by atoms with E-state index in [-0.39, 0.29) is 5.97 Å². The summed E-state index contributed by atoms with van der Waals surface area (Å²) in [4.78, 5) is 15.9. The topological polar surface area (TPSA) is 103 Å². The first-order valence-corrected chi connectivity index (χ1v) is 9.21. The molecule has 1 aliphatic carbocycles. The number of para-hydroxylation sites is 2. The van der Waals surface area contributed by atoms with Crippen molar-refractivity contribution in [3.8, 4) is 0 Å². The van der Waals surface area contributed by atoms with Crippen molar-refractivity contribution in [2.75, 3.05) is 19.4 Å². The smallest absolute Gasteiger partial charge is 0.305 e. The van der Waals surface area contributed by atoms with Gasteiger partial charge in [0.05, 0.1) is 18.5 Å². The molecule has 6 heteroatoms. The summed E-state index contributed by atoms with van der Waals surface area (Å²) < 4.78 is 4.69. The van der Waals surface area contributed by atoms with Crippen LogP contribution in [0.25, 0.3) is 0 Å². The highest BCUT2D eigenvalue weighted by Crippen LogP contribution is 2.31. The summed E-state index contributed by atoms with van der Waals surface area (Å²) in [5, 5.41) is 3.45. The minimum Gasteiger partial charge on any atom is -0.469 e. The SMILES string of the molecule is CCC(=N\c1ccccc1N)/C(=C/NC1CC(CCC(=O)OC)C1)CN. The number of nitrogens with two attached hydrogens (primary N) is 2. The lowest BCUT2D eigenvalue weighted by molar-refractivity contribution is -0.141. The number of esters is 1. The Morgan fingerprint density at radius 1 is 1.38 bits per heavy atom. The van der Waals surface area contributed by atoms with Gasteiger partial charge in [0.25, 0.3) is 0 Å². The second-order valence-electron chi connectivity index (χ2n) is 6.66. The average Bonchev–Trinajstić information content (AvgIpc) is 2.62. The normalized spacial score (nSPS) is 20.4. The third-order valence-electron chi connectivity index (χ3n) is 4.83. The summed E-state index contributed by atoms with van der Waals surface area (Å²) in [6, 6.07) is 8.01. The minimum atomic E-state index is -0.129. The maximum atomic E-state index is 11.2. The van der Waals surface area contributed by atoms with Gasteiger partial charge in [0.2, 0.25) is 0 Å². The zero-order valence-electron chi connectivity index (χ0n) is 15.7. The van der Waals surface area contributed by atoms with Gasteiger partial charge in [-0.15, -0.1) is 0 Å². The van der Waals surface area contributed by atoms with Crippen LogP contribution >= 0.6 is 0 Å². The van der Waals surface area contributed by atoms with Crippen molar-refractivity contribution >= 4 is 23.1 Å². The van der Waals surface area contributed by atoms with Gasteiger partial charge in [0, 0.05) is 36.5 Å². The van der Waals surface area contributed by atoms with E-state index in [1.807, 2.05) is 30.5 Å². The van der Waals surface area contributed by atoms with Crippen LogP contribution in [0, 0.1) is 5.92 Å². The quantitative estimate of drug-likeness (QED) is 0.358. The third-order valence-corrected chi connectivity index (χ3v) is 4.83. The van der Waals surface area contributed by atoms with Crippen LogP contribution in [0.15, 0.2) is 41.0 Å². The molecule has 0 aromatic heterocycles. The number of nitrogens with one attached hydrogen (secondary N) is 1. The van der Waals surface area contributed by atoms with E-state index in [0.29, 0.717) is 30.6 Å². The van der Waals surface area contributed by atoms with E-state index in [9.17, 15) is 4.79 Å². The molecule has 1 fully saturated rings. The van der Waals surface area contributed by atoms with E-state index in [0.717, 1.165) is 42.7 Å². The van der Waals surface area contributed by atoms with Gasteiger partial charge in [-0.25, -0.2) is 0 Å². The number of hydrogen-bond donors (Lipinski definition) is 3. The Morgan fingerprint density at radius 3 is 2.73 bits per heavy atom. The number of anilines is 1. The number of rotatable bonds is 9. The molecule has 142 valence electrons. The van der Waals surface area contributed by atoms with E-state index < -0.39 is 0 Å². The van der Waals surface area contributed by atoms with Crippen LogP contribution < -0.4 is 16.8 Å². The van der Waals surface area contributed by atoms with Crippen molar-refractivity contribution in [1.29, 1.82) is 0 Å². The monoisotopic (exact) mass is 358 g/mol. The number of benzene rings is 1. The highest BCUT2D eigenvalue weighted by Gasteiger charge is 2.28. The number of carbonyl (C=O) groups is 1. The lowest BCUT2D eigenvalue weighted by Crippen LogP contribution is -2.39. The van der Waals surface area contributed by atoms with Crippen LogP contribution in [0.3, 0.4) is 0 Å². The second-order valence-corrected chi connectivity index (χ2v) is 6.66. The summed E-state index contributed by atoms with van der Waals surface area (Å²) in [5.74, 6) is 0.459. The van der Waals surface area contributed by atoms with E-state index >= 15 is 0 Å². The molecule has 0 spiro atoms. The molecule has 1 aromatic carbocycles. The summed E-state index contributed by atoms with van der Waals surface area (Å²) in [5.41, 5.74) is 15.3. The molecular weight excluding hydrogens is 328 g/mol. The lowest BCUT2D eigenvalue weighted by atomic mass is 9.77. The Balaban J connectivity index is 1.91. The van der Waals surface area contributed by atoms with E-state index in [2.05, 4.69) is 17.0 Å². The summed E-state index contributed by atoms with van der Waals surface area (Å²) >= 11 is 0. The molecule has 0 saturated heterocycles. The van der Waals surface area contributed by atoms with Gasteiger partial charge in [0.1, 0.15) is 0 Å². The Kier molecular flexibility index (Phi) is 7.66. The Morgan fingerprint density at radius 2 is 2.12 bits per heavy atom. The van der Waals surface area contributed by atoms with Crippen LogP contribution in [0.4, 0.5) is 11.4 Å². The average molecular weight is 358 g/mol. The van der Waals surface area contributed by atoms with Gasteiger partial charge in [-0.05, 0) is 43.7 Å². The summed E-state index contributed by atoms with van der Waals surface area (Å²) in [7, 11) is 1.43. The molecule has 0 amide bonds. The predicted octanol–water partition coefficient (Wildman–Crippen LogP) is 2.92. The largest absolute Gasteiger partial charge is 0.469 e. The van der Waals surface area contributed by atoms with Crippen molar-refractivity contribution < 1.29 is 9.53 Å². The maximum Gasteiger partial charge on any atom is 0.305 e. The molecule has 0 heterocycles. The van der Waals surface area contributed by atoms with Crippen LogP contribution in [-0.2, 0) is 9.53 Å². The number of carbonyl (C=O) groups excluding carboxylic acids is 1. The van der Waals surface area contributed by atoms with E-state index in [1.165, 1.54) is 7.11 Å². The minimum absolute atomic E-state index is 0.129. The molecule has 5 N–H and O–H groups in total. The number of nitrogen functional groups attached to an aromatic ring is 1. The van der Waals surface area contributed by atoms with Gasteiger partial charge in [-0.3, -0.25) is 9.79 Å². The van der Waals surface area contributed by atoms with Crippen LogP contribution in [0.2, 0.25) is 0 Å². The number of ether oxygens (including phenoxy) is 1. The van der Waals surface area contributed by atoms with Crippen LogP contribution in [0.1, 0.15) is 39.0 Å². The first-order chi connectivity index (χ1) is 12.6. The predicted molar refractivity (Wildman–Crippen MR) is 106 cm³/mol. The van der Waals surface area contributed by atoms with Crippen molar-refractivity contribution in [1.82, 2.24) is 5.32 Å². The molecule has 1 aliphatic rings. The Bertz CT molecular complexity index is 664.